The number of carbonyl (C=O) groups excluding carboxylic acids is 2. The average Bonchev–Trinajstić information content (AvgIpc) is 3.25. The summed E-state index contributed by atoms with van der Waals surface area (Å²) in [6, 6.07) is 16.6. The highest BCUT2D eigenvalue weighted by atomic mass is 79.9. The maximum Gasteiger partial charge on any atom is 0.251 e. The van der Waals surface area contributed by atoms with E-state index in [1.54, 1.807) is 36.2 Å². The van der Waals surface area contributed by atoms with Crippen molar-refractivity contribution in [3.8, 4) is 0 Å². The van der Waals surface area contributed by atoms with Gasteiger partial charge in [0.2, 0.25) is 0 Å². The number of hydrogen-bond donors (Lipinski definition) is 1. The molecule has 2 atom stereocenters. The molecule has 1 fully saturated rings. The third-order valence-corrected chi connectivity index (χ3v) is 7.76. The summed E-state index contributed by atoms with van der Waals surface area (Å²) < 4.78 is -0.745. The predicted molar refractivity (Wildman–Crippen MR) is 124 cm³/mol. The number of amides is 1. The Morgan fingerprint density at radius 2 is 1.86 bits per heavy atom. The van der Waals surface area contributed by atoms with Crippen molar-refractivity contribution >= 4 is 63.2 Å². The topological polar surface area (TPSA) is 37.4 Å². The number of nitrogens with zero attached hydrogens (tertiary/aromatic N) is 1. The number of Topliss-reactive ketones (excluding diaryl/α,β-unsaturated/α-hetero) is 1. The van der Waals surface area contributed by atoms with Gasteiger partial charge >= 0.3 is 0 Å². The van der Waals surface area contributed by atoms with Crippen LogP contribution in [0.5, 0.6) is 0 Å². The first kappa shape index (κ1) is 20.7. The van der Waals surface area contributed by atoms with Gasteiger partial charge in [0.05, 0.1) is 0 Å². The van der Waals surface area contributed by atoms with Gasteiger partial charge in [-0.3, -0.25) is 9.59 Å². The zero-order chi connectivity index (χ0) is 20.8. The van der Waals surface area contributed by atoms with E-state index in [1.165, 1.54) is 11.3 Å². The molecule has 3 nitrogen and oxygen atoms in total. The van der Waals surface area contributed by atoms with Crippen molar-refractivity contribution in [1.82, 2.24) is 4.90 Å². The molecule has 2 heterocycles. The first-order valence-corrected chi connectivity index (χ1v) is 11.5. The molecule has 0 saturated carbocycles. The minimum Gasteiger partial charge on any atom is -0.330 e. The third kappa shape index (κ3) is 3.08. The van der Waals surface area contributed by atoms with Crippen LogP contribution < -0.4 is 0 Å². The fourth-order valence-corrected chi connectivity index (χ4v) is 5.93. The van der Waals surface area contributed by atoms with Gasteiger partial charge in [0, 0.05) is 28.5 Å². The number of piperidine rings is 1. The number of likely N-dealkylation sites (tertiary alicyclic amines) is 1. The highest BCUT2D eigenvalue weighted by Gasteiger charge is 2.59. The van der Waals surface area contributed by atoms with Gasteiger partial charge in [-0.15, -0.1) is 0 Å². The molecular weight excluding hydrogens is 490 g/mol. The van der Waals surface area contributed by atoms with E-state index < -0.39 is 16.2 Å². The van der Waals surface area contributed by atoms with Gasteiger partial charge in [-0.2, -0.15) is 24.0 Å². The molecule has 0 aliphatic carbocycles. The van der Waals surface area contributed by atoms with Crippen molar-refractivity contribution in [2.45, 2.75) is 16.7 Å². The molecule has 0 bridgehead atoms. The molecule has 0 spiro atoms. The quantitative estimate of drug-likeness (QED) is 0.367. The summed E-state index contributed by atoms with van der Waals surface area (Å²) in [5, 5.41) is 4.29. The van der Waals surface area contributed by atoms with E-state index in [2.05, 4.69) is 28.6 Å². The van der Waals surface area contributed by atoms with Gasteiger partial charge in [0.15, 0.2) is 10.5 Å². The second-order valence-corrected chi connectivity index (χ2v) is 9.81. The number of thiol groups is 1. The maximum absolute atomic E-state index is 13.7. The van der Waals surface area contributed by atoms with E-state index in [0.717, 1.165) is 15.6 Å². The fourth-order valence-electron chi connectivity index (χ4n) is 4.04. The summed E-state index contributed by atoms with van der Waals surface area (Å²) in [5.41, 5.74) is 1.27. The van der Waals surface area contributed by atoms with E-state index >= 15 is 0 Å². The van der Waals surface area contributed by atoms with E-state index in [4.69, 9.17) is 11.6 Å². The van der Waals surface area contributed by atoms with E-state index in [-0.39, 0.29) is 12.2 Å². The molecule has 1 aromatic heterocycles. The smallest absolute Gasteiger partial charge is 0.251 e. The molecule has 0 N–H and O–H groups in total. The van der Waals surface area contributed by atoms with Gasteiger partial charge < -0.3 is 4.90 Å². The molecule has 1 amide bonds. The first-order valence-electron chi connectivity index (χ1n) is 8.89. The molecule has 0 radical (unpaired) electrons. The van der Waals surface area contributed by atoms with Crippen LogP contribution in [0.3, 0.4) is 0 Å². The van der Waals surface area contributed by atoms with Crippen LogP contribution in [0.1, 0.15) is 23.1 Å². The van der Waals surface area contributed by atoms with Crippen LogP contribution in [0.15, 0.2) is 69.8 Å². The second kappa shape index (κ2) is 7.58. The number of hydrogen-bond acceptors (Lipinski definition) is 4. The van der Waals surface area contributed by atoms with Crippen molar-refractivity contribution < 1.29 is 9.59 Å². The van der Waals surface area contributed by atoms with Crippen LogP contribution in [0.25, 0.3) is 0 Å². The van der Waals surface area contributed by atoms with Crippen molar-refractivity contribution in [2.24, 2.45) is 0 Å². The summed E-state index contributed by atoms with van der Waals surface area (Å²) in [4.78, 5) is 29.0. The number of ketones is 1. The highest BCUT2D eigenvalue weighted by Crippen LogP contribution is 2.50. The monoisotopic (exact) mass is 505 g/mol. The van der Waals surface area contributed by atoms with Gasteiger partial charge in [0.25, 0.3) is 5.91 Å². The Morgan fingerprint density at radius 1 is 1.10 bits per heavy atom. The van der Waals surface area contributed by atoms with Gasteiger partial charge in [0.1, 0.15) is 5.54 Å². The molecule has 2 aromatic carbocycles. The molecule has 1 saturated heterocycles. The van der Waals surface area contributed by atoms with Crippen molar-refractivity contribution in [3.05, 3.63) is 91.5 Å². The number of thiophene rings is 1. The standard InChI is InChI=1S/C22H17BrClNO2S2/c1-25-20(27)22(28,17-7-2-3-8-18(17)24)19(26)12-21(25,15-9-10-29-13-15)14-5-4-6-16(23)11-14/h2-11,13,28H,12H2,1H3. The fraction of sp³-hybridized carbons (Fsp3) is 0.182. The summed E-state index contributed by atoms with van der Waals surface area (Å²) in [6.45, 7) is 0. The third-order valence-electron chi connectivity index (χ3n) is 5.57. The number of likely N-dealkylation sites (N-methyl/N-ethyl adjacent to an activating group) is 1. The lowest BCUT2D eigenvalue weighted by molar-refractivity contribution is -0.149. The van der Waals surface area contributed by atoms with E-state index in [1.807, 2.05) is 41.1 Å². The molecule has 1 aliphatic rings. The van der Waals surface area contributed by atoms with Gasteiger partial charge in [-0.05, 0) is 46.2 Å². The Labute approximate surface area is 192 Å². The molecule has 2 unspecified atom stereocenters. The van der Waals surface area contributed by atoms with Crippen LogP contribution in [0.2, 0.25) is 5.02 Å². The molecule has 3 aromatic rings. The Balaban J connectivity index is 1.93. The van der Waals surface area contributed by atoms with Gasteiger partial charge in [-0.25, -0.2) is 0 Å². The molecule has 148 valence electrons. The number of carbonyl (C=O) groups is 2. The number of rotatable bonds is 3. The Morgan fingerprint density at radius 3 is 2.52 bits per heavy atom. The highest BCUT2D eigenvalue weighted by molar-refractivity contribution is 9.10. The minimum absolute atomic E-state index is 0.0944. The molecule has 4 rings (SSSR count). The van der Waals surface area contributed by atoms with Crippen molar-refractivity contribution in [3.63, 3.8) is 0 Å². The zero-order valence-electron chi connectivity index (χ0n) is 15.4. The summed E-state index contributed by atoms with van der Waals surface area (Å²) in [5.74, 6) is -0.667. The molecule has 1 aliphatic heterocycles. The Hall–Kier alpha value is -1.60. The van der Waals surface area contributed by atoms with Crippen molar-refractivity contribution in [2.75, 3.05) is 7.05 Å². The summed E-state index contributed by atoms with van der Waals surface area (Å²) in [7, 11) is 1.73. The lowest BCUT2D eigenvalue weighted by atomic mass is 9.71. The van der Waals surface area contributed by atoms with Crippen LogP contribution in [-0.2, 0) is 19.9 Å². The maximum atomic E-state index is 13.7. The van der Waals surface area contributed by atoms with E-state index in [9.17, 15) is 9.59 Å². The summed E-state index contributed by atoms with van der Waals surface area (Å²) >= 11 is 16.0. The SMILES string of the molecule is CN1C(=O)C(S)(c2ccccc2Cl)C(=O)CC1(c1ccsc1)c1cccc(Br)c1. The predicted octanol–water partition coefficient (Wildman–Crippen LogP) is 5.66. The van der Waals surface area contributed by atoms with Crippen molar-refractivity contribution in [1.29, 1.82) is 0 Å². The summed E-state index contributed by atoms with van der Waals surface area (Å²) in [6.07, 6.45) is 0.0944. The zero-order valence-corrected chi connectivity index (χ0v) is 19.5. The van der Waals surface area contributed by atoms with Crippen LogP contribution in [0.4, 0.5) is 0 Å². The van der Waals surface area contributed by atoms with Gasteiger partial charge in [-0.1, -0.05) is 57.9 Å². The van der Waals surface area contributed by atoms with Crippen LogP contribution in [0, 0.1) is 0 Å². The number of halogens is 2. The number of benzene rings is 2. The average molecular weight is 507 g/mol. The lowest BCUT2D eigenvalue weighted by Crippen LogP contribution is -2.62. The second-order valence-electron chi connectivity index (χ2n) is 7.04. The largest absolute Gasteiger partial charge is 0.330 e. The van der Waals surface area contributed by atoms with Crippen LogP contribution >= 0.6 is 51.5 Å². The molecule has 7 heteroatoms. The normalized spacial score (nSPS) is 24.8. The molecule has 29 heavy (non-hydrogen) atoms. The van der Waals surface area contributed by atoms with Crippen LogP contribution in [-0.4, -0.2) is 23.6 Å². The molecular formula is C22H17BrClNO2S2. The van der Waals surface area contributed by atoms with E-state index in [0.29, 0.717) is 10.6 Å². The Kier molecular flexibility index (Phi) is 5.40. The lowest BCUT2D eigenvalue weighted by Gasteiger charge is -2.50. The minimum atomic E-state index is -1.63. The Bertz CT molecular complexity index is 1100. The first-order chi connectivity index (χ1) is 13.8.